The van der Waals surface area contributed by atoms with Crippen molar-refractivity contribution in [1.29, 1.82) is 0 Å². The molecule has 0 aromatic carbocycles. The predicted octanol–water partition coefficient (Wildman–Crippen LogP) is 4.19. The van der Waals surface area contributed by atoms with Gasteiger partial charge in [-0.15, -0.1) is 0 Å². The minimum absolute atomic E-state index is 0.0221. The van der Waals surface area contributed by atoms with Gasteiger partial charge >= 0.3 is 11.9 Å². The summed E-state index contributed by atoms with van der Waals surface area (Å²) in [5.74, 6) is 0.400. The van der Waals surface area contributed by atoms with Gasteiger partial charge in [0.25, 0.3) is 0 Å². The number of carboxylic acid groups (broad SMARTS) is 1. The third-order valence-corrected chi connectivity index (χ3v) is 9.63. The van der Waals surface area contributed by atoms with Crippen molar-refractivity contribution in [2.24, 2.45) is 40.4 Å². The largest absolute Gasteiger partial charge is 0.481 e. The van der Waals surface area contributed by atoms with E-state index in [1.165, 1.54) is 0 Å². The highest BCUT2D eigenvalue weighted by Crippen LogP contribution is 2.66. The molecule has 0 heterocycles. The Labute approximate surface area is 184 Å². The third-order valence-electron chi connectivity index (χ3n) is 9.63. The van der Waals surface area contributed by atoms with Crippen LogP contribution in [-0.4, -0.2) is 34.7 Å². The number of carbonyl (C=O) groups is 4. The maximum atomic E-state index is 13.6. The fourth-order valence-corrected chi connectivity index (χ4v) is 8.26. The first-order valence-corrected chi connectivity index (χ1v) is 12.0. The number of carbonyl (C=O) groups excluding carboxylic acids is 3. The van der Waals surface area contributed by atoms with E-state index < -0.39 is 11.9 Å². The van der Waals surface area contributed by atoms with E-state index in [1.807, 2.05) is 0 Å². The Bertz CT molecular complexity index is 789. The van der Waals surface area contributed by atoms with Gasteiger partial charge in [-0.3, -0.25) is 19.2 Å². The zero-order valence-corrected chi connectivity index (χ0v) is 19.0. The Morgan fingerprint density at radius 1 is 1.03 bits per heavy atom. The Morgan fingerprint density at radius 3 is 2.45 bits per heavy atom. The zero-order valence-electron chi connectivity index (χ0n) is 19.0. The molecular formula is C25H36O6. The van der Waals surface area contributed by atoms with Crippen LogP contribution in [0.4, 0.5) is 0 Å². The van der Waals surface area contributed by atoms with Crippen molar-refractivity contribution in [2.75, 3.05) is 0 Å². The van der Waals surface area contributed by atoms with E-state index in [-0.39, 0.29) is 47.4 Å². The molecule has 4 aliphatic rings. The normalized spacial score (nSPS) is 44.0. The molecule has 4 rings (SSSR count). The quantitative estimate of drug-likeness (QED) is 0.654. The van der Waals surface area contributed by atoms with E-state index in [2.05, 4.69) is 13.8 Å². The average molecular weight is 433 g/mol. The first-order chi connectivity index (χ1) is 14.6. The summed E-state index contributed by atoms with van der Waals surface area (Å²) < 4.78 is 5.60. The van der Waals surface area contributed by atoms with E-state index in [0.29, 0.717) is 30.0 Å². The van der Waals surface area contributed by atoms with Gasteiger partial charge in [0.2, 0.25) is 0 Å². The molecule has 4 fully saturated rings. The number of ether oxygens (including phenoxy) is 1. The molecule has 4 saturated carbocycles. The maximum absolute atomic E-state index is 13.6. The van der Waals surface area contributed by atoms with Crippen molar-refractivity contribution in [3.63, 3.8) is 0 Å². The number of esters is 1. The molecule has 0 radical (unpaired) electrons. The Kier molecular flexibility index (Phi) is 5.80. The van der Waals surface area contributed by atoms with E-state index in [1.54, 1.807) is 6.92 Å². The Morgan fingerprint density at radius 2 is 1.77 bits per heavy atom. The SMILES string of the molecule is CC(=O)[C@H]1CC[C@H]2[C@@H]3CC[C@H]4C[C@H](OC(=O)CCC(=O)O)CC[C@]4(C)[C@H]3C(=O)C[C@]12C. The lowest BCUT2D eigenvalue weighted by atomic mass is 9.44. The van der Waals surface area contributed by atoms with E-state index in [9.17, 15) is 19.2 Å². The molecule has 6 nitrogen and oxygen atoms in total. The number of rotatable bonds is 5. The zero-order chi connectivity index (χ0) is 22.6. The van der Waals surface area contributed by atoms with Crippen molar-refractivity contribution in [1.82, 2.24) is 0 Å². The van der Waals surface area contributed by atoms with Crippen molar-refractivity contribution < 1.29 is 29.0 Å². The molecule has 0 spiro atoms. The highest BCUT2D eigenvalue weighted by molar-refractivity contribution is 5.87. The molecule has 0 aliphatic heterocycles. The highest BCUT2D eigenvalue weighted by Gasteiger charge is 2.63. The molecule has 0 saturated heterocycles. The molecule has 1 N–H and O–H groups in total. The summed E-state index contributed by atoms with van der Waals surface area (Å²) in [5.41, 5.74) is -0.246. The summed E-state index contributed by atoms with van der Waals surface area (Å²) in [6, 6.07) is 0. The van der Waals surface area contributed by atoms with E-state index in [0.717, 1.165) is 44.9 Å². The summed E-state index contributed by atoms with van der Waals surface area (Å²) in [7, 11) is 0. The first kappa shape index (κ1) is 22.5. The summed E-state index contributed by atoms with van der Waals surface area (Å²) in [6.45, 7) is 6.15. The van der Waals surface area contributed by atoms with Crippen LogP contribution < -0.4 is 0 Å². The van der Waals surface area contributed by atoms with Crippen LogP contribution in [-0.2, 0) is 23.9 Å². The minimum atomic E-state index is -0.992. The molecule has 8 atom stereocenters. The van der Waals surface area contributed by atoms with Crippen LogP contribution in [0.1, 0.15) is 85.0 Å². The lowest BCUT2D eigenvalue weighted by molar-refractivity contribution is -0.170. The summed E-state index contributed by atoms with van der Waals surface area (Å²) >= 11 is 0. The molecular weight excluding hydrogens is 396 g/mol. The van der Waals surface area contributed by atoms with Crippen LogP contribution in [0.15, 0.2) is 0 Å². The molecule has 31 heavy (non-hydrogen) atoms. The summed E-state index contributed by atoms with van der Waals surface area (Å²) in [6.07, 6.45) is 6.45. The summed E-state index contributed by atoms with van der Waals surface area (Å²) in [4.78, 5) is 48.6. The maximum Gasteiger partial charge on any atom is 0.306 e. The van der Waals surface area contributed by atoms with Crippen LogP contribution in [0.25, 0.3) is 0 Å². The fraction of sp³-hybridized carbons (Fsp3) is 0.840. The molecule has 0 amide bonds. The third kappa shape index (κ3) is 3.74. The number of carboxylic acids is 1. The molecule has 172 valence electrons. The number of hydrogen-bond donors (Lipinski definition) is 1. The van der Waals surface area contributed by atoms with Gasteiger partial charge in [0.15, 0.2) is 0 Å². The van der Waals surface area contributed by atoms with E-state index in [4.69, 9.17) is 9.84 Å². The smallest absolute Gasteiger partial charge is 0.306 e. The number of ketones is 2. The molecule has 0 unspecified atom stereocenters. The predicted molar refractivity (Wildman–Crippen MR) is 113 cm³/mol. The Balaban J connectivity index is 1.47. The molecule has 4 aliphatic carbocycles. The van der Waals surface area contributed by atoms with Crippen molar-refractivity contribution in [3.8, 4) is 0 Å². The Hall–Kier alpha value is -1.72. The van der Waals surface area contributed by atoms with Crippen LogP contribution in [0, 0.1) is 40.4 Å². The molecule has 0 bridgehead atoms. The van der Waals surface area contributed by atoms with Gasteiger partial charge in [-0.1, -0.05) is 13.8 Å². The average Bonchev–Trinajstić information content (AvgIpc) is 3.03. The van der Waals surface area contributed by atoms with Gasteiger partial charge in [-0.25, -0.2) is 0 Å². The fourth-order valence-electron chi connectivity index (χ4n) is 8.26. The van der Waals surface area contributed by atoms with Gasteiger partial charge in [0, 0.05) is 18.3 Å². The number of fused-ring (bicyclic) bond motifs is 5. The molecule has 0 aromatic heterocycles. The first-order valence-electron chi connectivity index (χ1n) is 12.0. The van der Waals surface area contributed by atoms with Gasteiger partial charge in [0.1, 0.15) is 17.7 Å². The topological polar surface area (TPSA) is 97.7 Å². The van der Waals surface area contributed by atoms with E-state index >= 15 is 0 Å². The van der Waals surface area contributed by atoms with Crippen molar-refractivity contribution >= 4 is 23.5 Å². The van der Waals surface area contributed by atoms with Crippen molar-refractivity contribution in [3.05, 3.63) is 0 Å². The molecule has 0 aromatic rings. The van der Waals surface area contributed by atoms with Gasteiger partial charge < -0.3 is 9.84 Å². The number of aliphatic carboxylic acids is 1. The molecule has 6 heteroatoms. The van der Waals surface area contributed by atoms with Crippen LogP contribution in [0.5, 0.6) is 0 Å². The second-order valence-corrected chi connectivity index (χ2v) is 11.2. The number of Topliss-reactive ketones (excluding diaryl/α,β-unsaturated/α-hetero) is 2. The number of hydrogen-bond acceptors (Lipinski definition) is 5. The minimum Gasteiger partial charge on any atom is -0.481 e. The van der Waals surface area contributed by atoms with Gasteiger partial charge in [-0.2, -0.15) is 0 Å². The lowest BCUT2D eigenvalue weighted by Gasteiger charge is -2.59. The van der Waals surface area contributed by atoms with Crippen LogP contribution >= 0.6 is 0 Å². The monoisotopic (exact) mass is 432 g/mol. The summed E-state index contributed by atoms with van der Waals surface area (Å²) in [5, 5.41) is 8.76. The second kappa shape index (κ2) is 8.00. The van der Waals surface area contributed by atoms with Crippen molar-refractivity contribution in [2.45, 2.75) is 91.1 Å². The van der Waals surface area contributed by atoms with Crippen LogP contribution in [0.3, 0.4) is 0 Å². The van der Waals surface area contributed by atoms with Gasteiger partial charge in [-0.05, 0) is 80.5 Å². The standard InChI is InChI=1S/C25H36O6/c1-14(26)18-6-7-19-17-5-4-15-12-16(31-22(30)9-8-21(28)29)10-11-24(15,2)23(17)20(27)13-25(18,19)3/h15-19,23H,4-13H2,1-3H3,(H,28,29)/t15-,16+,17-,18+,19-,23+,24-,25+/m0/s1. The lowest BCUT2D eigenvalue weighted by Crippen LogP contribution is -2.58. The second-order valence-electron chi connectivity index (χ2n) is 11.2. The van der Waals surface area contributed by atoms with Crippen LogP contribution in [0.2, 0.25) is 0 Å². The van der Waals surface area contributed by atoms with Gasteiger partial charge in [0.05, 0.1) is 12.8 Å². The highest BCUT2D eigenvalue weighted by atomic mass is 16.5.